The second kappa shape index (κ2) is 8.90. The molecule has 1 heterocycles. The van der Waals surface area contributed by atoms with Gasteiger partial charge in [0.15, 0.2) is 0 Å². The molecule has 1 aliphatic rings. The first-order valence-electron chi connectivity index (χ1n) is 7.32. The van der Waals surface area contributed by atoms with Gasteiger partial charge in [-0.1, -0.05) is 19.1 Å². The van der Waals surface area contributed by atoms with Crippen molar-refractivity contribution >= 4 is 18.3 Å². The Bertz CT molecular complexity index is 436. The first-order chi connectivity index (χ1) is 9.69. The average Bonchev–Trinajstić information content (AvgIpc) is 2.48. The van der Waals surface area contributed by atoms with Gasteiger partial charge in [0.05, 0.1) is 7.11 Å². The molecule has 1 aromatic carbocycles. The molecular formula is C16H25ClN2O2. The van der Waals surface area contributed by atoms with Crippen molar-refractivity contribution in [2.45, 2.75) is 32.2 Å². The zero-order chi connectivity index (χ0) is 14.4. The molecule has 1 amide bonds. The number of benzene rings is 1. The van der Waals surface area contributed by atoms with Gasteiger partial charge in [-0.05, 0) is 43.0 Å². The van der Waals surface area contributed by atoms with Crippen molar-refractivity contribution in [2.24, 2.45) is 5.92 Å². The molecule has 1 aromatic rings. The minimum atomic E-state index is 0. The molecule has 21 heavy (non-hydrogen) atoms. The molecule has 2 N–H and O–H groups in total. The standard InChI is InChI=1S/C16H24N2O2.ClH/c1-12-9-10-17-11-15(12)18-16(19)8-5-13-3-6-14(20-2)7-4-13;/h3-4,6-7,12,15,17H,5,8-11H2,1-2H3,(H,18,19);1H. The third kappa shape index (κ3) is 5.56. The number of aryl methyl sites for hydroxylation is 1. The van der Waals surface area contributed by atoms with E-state index in [1.165, 1.54) is 0 Å². The van der Waals surface area contributed by atoms with Gasteiger partial charge in [-0.2, -0.15) is 0 Å². The lowest BCUT2D eigenvalue weighted by atomic mass is 9.94. The van der Waals surface area contributed by atoms with E-state index in [-0.39, 0.29) is 24.4 Å². The molecule has 1 fully saturated rings. The fraction of sp³-hybridized carbons (Fsp3) is 0.562. The predicted octanol–water partition coefficient (Wildman–Crippen LogP) is 2.16. The Kier molecular flexibility index (Phi) is 7.54. The summed E-state index contributed by atoms with van der Waals surface area (Å²) in [7, 11) is 1.65. The normalized spacial score (nSPS) is 21.2. The Morgan fingerprint density at radius 2 is 2.10 bits per heavy atom. The molecule has 4 nitrogen and oxygen atoms in total. The van der Waals surface area contributed by atoms with Gasteiger partial charge in [-0.3, -0.25) is 4.79 Å². The lowest BCUT2D eigenvalue weighted by Crippen LogP contribution is -2.50. The van der Waals surface area contributed by atoms with E-state index >= 15 is 0 Å². The van der Waals surface area contributed by atoms with Gasteiger partial charge < -0.3 is 15.4 Å². The highest BCUT2D eigenvalue weighted by Gasteiger charge is 2.22. The number of ether oxygens (including phenoxy) is 1. The minimum Gasteiger partial charge on any atom is -0.497 e. The Labute approximate surface area is 133 Å². The number of amides is 1. The number of hydrogen-bond donors (Lipinski definition) is 2. The number of halogens is 1. The van der Waals surface area contributed by atoms with Gasteiger partial charge in [0.25, 0.3) is 0 Å². The monoisotopic (exact) mass is 312 g/mol. The van der Waals surface area contributed by atoms with Crippen LogP contribution in [0.2, 0.25) is 0 Å². The van der Waals surface area contributed by atoms with Crippen LogP contribution in [0.15, 0.2) is 24.3 Å². The number of hydrogen-bond acceptors (Lipinski definition) is 3. The molecule has 0 radical (unpaired) electrons. The van der Waals surface area contributed by atoms with Crippen LogP contribution < -0.4 is 15.4 Å². The molecule has 0 aromatic heterocycles. The van der Waals surface area contributed by atoms with E-state index in [4.69, 9.17) is 4.74 Å². The number of rotatable bonds is 5. The van der Waals surface area contributed by atoms with E-state index in [2.05, 4.69) is 17.6 Å². The van der Waals surface area contributed by atoms with Crippen LogP contribution in [-0.2, 0) is 11.2 Å². The molecular weight excluding hydrogens is 288 g/mol. The summed E-state index contributed by atoms with van der Waals surface area (Å²) in [5.74, 6) is 1.54. The molecule has 2 atom stereocenters. The fourth-order valence-corrected chi connectivity index (χ4v) is 2.51. The summed E-state index contributed by atoms with van der Waals surface area (Å²) in [5.41, 5.74) is 1.16. The molecule has 2 unspecified atom stereocenters. The van der Waals surface area contributed by atoms with Crippen molar-refractivity contribution in [3.05, 3.63) is 29.8 Å². The summed E-state index contributed by atoms with van der Waals surface area (Å²) < 4.78 is 5.12. The maximum atomic E-state index is 12.0. The Hall–Kier alpha value is -1.26. The second-order valence-electron chi connectivity index (χ2n) is 5.49. The van der Waals surface area contributed by atoms with Gasteiger partial charge in [-0.15, -0.1) is 12.4 Å². The van der Waals surface area contributed by atoms with Crippen molar-refractivity contribution in [3.63, 3.8) is 0 Å². The van der Waals surface area contributed by atoms with Crippen LogP contribution in [0.3, 0.4) is 0 Å². The Morgan fingerprint density at radius 3 is 2.71 bits per heavy atom. The van der Waals surface area contributed by atoms with E-state index in [1.54, 1.807) is 7.11 Å². The van der Waals surface area contributed by atoms with Crippen LogP contribution >= 0.6 is 12.4 Å². The third-order valence-corrected chi connectivity index (χ3v) is 3.97. The number of carbonyl (C=O) groups excluding carboxylic acids is 1. The summed E-state index contributed by atoms with van der Waals surface area (Å²) in [6.07, 6.45) is 2.43. The van der Waals surface area contributed by atoms with Crippen LogP contribution in [0.1, 0.15) is 25.3 Å². The van der Waals surface area contributed by atoms with Gasteiger partial charge in [0, 0.05) is 19.0 Å². The van der Waals surface area contributed by atoms with Crippen LogP contribution in [0, 0.1) is 5.92 Å². The maximum Gasteiger partial charge on any atom is 0.220 e. The number of carbonyl (C=O) groups is 1. The molecule has 0 spiro atoms. The third-order valence-electron chi connectivity index (χ3n) is 3.97. The molecule has 0 bridgehead atoms. The lowest BCUT2D eigenvalue weighted by molar-refractivity contribution is -0.122. The highest BCUT2D eigenvalue weighted by Crippen LogP contribution is 2.14. The average molecular weight is 313 g/mol. The topological polar surface area (TPSA) is 50.4 Å². The first kappa shape index (κ1) is 17.8. The minimum absolute atomic E-state index is 0. The van der Waals surface area contributed by atoms with Crippen molar-refractivity contribution in [1.29, 1.82) is 0 Å². The fourth-order valence-electron chi connectivity index (χ4n) is 2.51. The first-order valence-corrected chi connectivity index (χ1v) is 7.32. The summed E-state index contributed by atoms with van der Waals surface area (Å²) in [5, 5.41) is 6.46. The summed E-state index contributed by atoms with van der Waals surface area (Å²) in [4.78, 5) is 12.0. The van der Waals surface area contributed by atoms with Gasteiger partial charge >= 0.3 is 0 Å². The molecule has 0 aliphatic carbocycles. The summed E-state index contributed by atoms with van der Waals surface area (Å²) in [6.45, 7) is 4.14. The Balaban J connectivity index is 0.00000220. The highest BCUT2D eigenvalue weighted by atomic mass is 35.5. The van der Waals surface area contributed by atoms with Crippen LogP contribution in [-0.4, -0.2) is 32.1 Å². The van der Waals surface area contributed by atoms with E-state index in [0.29, 0.717) is 12.3 Å². The van der Waals surface area contributed by atoms with E-state index in [9.17, 15) is 4.79 Å². The molecule has 1 saturated heterocycles. The van der Waals surface area contributed by atoms with Gasteiger partial charge in [0.2, 0.25) is 5.91 Å². The van der Waals surface area contributed by atoms with Gasteiger partial charge in [0.1, 0.15) is 5.75 Å². The van der Waals surface area contributed by atoms with Crippen LogP contribution in [0.4, 0.5) is 0 Å². The van der Waals surface area contributed by atoms with E-state index in [1.807, 2.05) is 24.3 Å². The number of methoxy groups -OCH3 is 1. The quantitative estimate of drug-likeness (QED) is 0.876. The predicted molar refractivity (Wildman–Crippen MR) is 87.1 cm³/mol. The van der Waals surface area contributed by atoms with Crippen LogP contribution in [0.25, 0.3) is 0 Å². The molecule has 0 saturated carbocycles. The maximum absolute atomic E-state index is 12.0. The lowest BCUT2D eigenvalue weighted by Gasteiger charge is -2.30. The molecule has 5 heteroatoms. The highest BCUT2D eigenvalue weighted by molar-refractivity contribution is 5.85. The van der Waals surface area contributed by atoms with Crippen molar-refractivity contribution in [3.8, 4) is 5.75 Å². The molecule has 2 rings (SSSR count). The van der Waals surface area contributed by atoms with Crippen molar-refractivity contribution in [2.75, 3.05) is 20.2 Å². The van der Waals surface area contributed by atoms with Crippen LogP contribution in [0.5, 0.6) is 5.75 Å². The van der Waals surface area contributed by atoms with E-state index < -0.39 is 0 Å². The van der Waals surface area contributed by atoms with E-state index in [0.717, 1.165) is 37.2 Å². The SMILES string of the molecule is COc1ccc(CCC(=O)NC2CNCCC2C)cc1.Cl. The van der Waals surface area contributed by atoms with Crippen molar-refractivity contribution in [1.82, 2.24) is 10.6 Å². The van der Waals surface area contributed by atoms with Gasteiger partial charge in [-0.25, -0.2) is 0 Å². The number of piperidine rings is 1. The molecule has 118 valence electrons. The summed E-state index contributed by atoms with van der Waals surface area (Å²) >= 11 is 0. The largest absolute Gasteiger partial charge is 0.497 e. The zero-order valence-corrected chi connectivity index (χ0v) is 13.5. The molecule has 1 aliphatic heterocycles. The Morgan fingerprint density at radius 1 is 1.38 bits per heavy atom. The number of nitrogens with one attached hydrogen (secondary N) is 2. The second-order valence-corrected chi connectivity index (χ2v) is 5.49. The van der Waals surface area contributed by atoms with Crippen molar-refractivity contribution < 1.29 is 9.53 Å². The summed E-state index contributed by atoms with van der Waals surface area (Å²) in [6, 6.07) is 8.15. The zero-order valence-electron chi connectivity index (χ0n) is 12.7. The smallest absolute Gasteiger partial charge is 0.220 e.